The Kier molecular flexibility index (Phi) is 6.10. The predicted octanol–water partition coefficient (Wildman–Crippen LogP) is 0.918. The van der Waals surface area contributed by atoms with E-state index in [9.17, 15) is 9.18 Å². The van der Waals surface area contributed by atoms with Crippen molar-refractivity contribution in [1.82, 2.24) is 10.6 Å². The summed E-state index contributed by atoms with van der Waals surface area (Å²) in [6.07, 6.45) is -0.419. The number of urea groups is 1. The van der Waals surface area contributed by atoms with Crippen LogP contribution in [0.5, 0.6) is 0 Å². The SMILES string of the molecule is CC(O)CNCCNC(=O)Nc1ccccc1F. The average Bonchev–Trinajstić information content (AvgIpc) is 2.31. The van der Waals surface area contributed by atoms with Gasteiger partial charge in [0.05, 0.1) is 11.8 Å². The van der Waals surface area contributed by atoms with Crippen molar-refractivity contribution >= 4 is 11.7 Å². The molecule has 0 aliphatic carbocycles. The third-order valence-corrected chi connectivity index (χ3v) is 2.15. The lowest BCUT2D eigenvalue weighted by molar-refractivity contribution is 0.191. The fourth-order valence-corrected chi connectivity index (χ4v) is 1.30. The van der Waals surface area contributed by atoms with Gasteiger partial charge in [-0.15, -0.1) is 0 Å². The zero-order chi connectivity index (χ0) is 13.4. The Morgan fingerprint density at radius 1 is 1.39 bits per heavy atom. The van der Waals surface area contributed by atoms with Gasteiger partial charge in [0.15, 0.2) is 0 Å². The van der Waals surface area contributed by atoms with Gasteiger partial charge in [-0.3, -0.25) is 0 Å². The number of anilines is 1. The van der Waals surface area contributed by atoms with Crippen molar-refractivity contribution in [2.24, 2.45) is 0 Å². The topological polar surface area (TPSA) is 73.4 Å². The molecule has 0 aliphatic heterocycles. The van der Waals surface area contributed by atoms with Crippen molar-refractivity contribution in [3.63, 3.8) is 0 Å². The molecule has 1 rings (SSSR count). The van der Waals surface area contributed by atoms with E-state index in [0.29, 0.717) is 19.6 Å². The molecule has 2 amide bonds. The molecule has 0 radical (unpaired) electrons. The predicted molar refractivity (Wildman–Crippen MR) is 68.0 cm³/mol. The van der Waals surface area contributed by atoms with Gasteiger partial charge in [-0.25, -0.2) is 9.18 Å². The molecule has 0 spiro atoms. The summed E-state index contributed by atoms with van der Waals surface area (Å²) in [5.74, 6) is -0.472. The minimum absolute atomic E-state index is 0.145. The molecule has 0 saturated carbocycles. The van der Waals surface area contributed by atoms with E-state index in [4.69, 9.17) is 5.11 Å². The van der Waals surface area contributed by atoms with Gasteiger partial charge in [0.25, 0.3) is 0 Å². The number of benzene rings is 1. The largest absolute Gasteiger partial charge is 0.392 e. The van der Waals surface area contributed by atoms with E-state index in [1.54, 1.807) is 19.1 Å². The van der Waals surface area contributed by atoms with Crippen LogP contribution in [0.1, 0.15) is 6.92 Å². The minimum atomic E-state index is -0.472. The maximum Gasteiger partial charge on any atom is 0.319 e. The van der Waals surface area contributed by atoms with Crippen molar-refractivity contribution in [1.29, 1.82) is 0 Å². The van der Waals surface area contributed by atoms with Crippen LogP contribution in [-0.4, -0.2) is 36.9 Å². The molecule has 1 unspecified atom stereocenters. The zero-order valence-corrected chi connectivity index (χ0v) is 10.2. The first kappa shape index (κ1) is 14.4. The second-order valence-corrected chi connectivity index (χ2v) is 3.91. The Bertz CT molecular complexity index is 385. The zero-order valence-electron chi connectivity index (χ0n) is 10.2. The smallest absolute Gasteiger partial charge is 0.319 e. The quantitative estimate of drug-likeness (QED) is 0.571. The van der Waals surface area contributed by atoms with Crippen LogP contribution < -0.4 is 16.0 Å². The number of carbonyl (C=O) groups excluding carboxylic acids is 1. The molecule has 0 bridgehead atoms. The first-order chi connectivity index (χ1) is 8.59. The van der Waals surface area contributed by atoms with Gasteiger partial charge in [-0.05, 0) is 19.1 Å². The van der Waals surface area contributed by atoms with Gasteiger partial charge >= 0.3 is 6.03 Å². The highest BCUT2D eigenvalue weighted by Crippen LogP contribution is 2.11. The number of aliphatic hydroxyl groups excluding tert-OH is 1. The van der Waals surface area contributed by atoms with Crippen LogP contribution in [0.15, 0.2) is 24.3 Å². The summed E-state index contributed by atoms with van der Waals surface area (Å²) in [5, 5.41) is 16.9. The van der Waals surface area contributed by atoms with Crippen molar-refractivity contribution < 1.29 is 14.3 Å². The standard InChI is InChI=1S/C12H18FN3O2/c1-9(17)8-14-6-7-15-12(18)16-11-5-3-2-4-10(11)13/h2-5,9,14,17H,6-8H2,1H3,(H2,15,16,18). The molecule has 4 N–H and O–H groups in total. The molecule has 5 nitrogen and oxygen atoms in total. The number of hydrogen-bond donors (Lipinski definition) is 4. The summed E-state index contributed by atoms with van der Waals surface area (Å²) in [7, 11) is 0. The van der Waals surface area contributed by atoms with Crippen LogP contribution in [0, 0.1) is 5.82 Å². The Balaban J connectivity index is 2.20. The molecule has 0 saturated heterocycles. The van der Waals surface area contributed by atoms with Crippen molar-refractivity contribution in [2.75, 3.05) is 25.0 Å². The van der Waals surface area contributed by atoms with Crippen molar-refractivity contribution in [3.05, 3.63) is 30.1 Å². The second-order valence-electron chi connectivity index (χ2n) is 3.91. The molecule has 1 atom stereocenters. The molecular weight excluding hydrogens is 237 g/mol. The van der Waals surface area contributed by atoms with Crippen LogP contribution in [0.4, 0.5) is 14.9 Å². The number of carbonyl (C=O) groups is 1. The Labute approximate surface area is 105 Å². The Hall–Kier alpha value is -1.66. The molecule has 1 aromatic carbocycles. The average molecular weight is 255 g/mol. The first-order valence-corrected chi connectivity index (χ1v) is 5.77. The number of amides is 2. The van der Waals surface area contributed by atoms with Crippen LogP contribution in [-0.2, 0) is 0 Å². The summed E-state index contributed by atoms with van der Waals surface area (Å²) >= 11 is 0. The second kappa shape index (κ2) is 7.62. The van der Waals surface area contributed by atoms with Gasteiger partial charge in [-0.2, -0.15) is 0 Å². The van der Waals surface area contributed by atoms with Gasteiger partial charge < -0.3 is 21.1 Å². The number of rotatable bonds is 6. The summed E-state index contributed by atoms with van der Waals surface area (Å²) in [6, 6.07) is 5.50. The van der Waals surface area contributed by atoms with Crippen molar-refractivity contribution in [2.45, 2.75) is 13.0 Å². The third-order valence-electron chi connectivity index (χ3n) is 2.15. The minimum Gasteiger partial charge on any atom is -0.392 e. The van der Waals surface area contributed by atoms with E-state index < -0.39 is 18.0 Å². The first-order valence-electron chi connectivity index (χ1n) is 5.77. The molecule has 0 heterocycles. The molecule has 100 valence electrons. The van der Waals surface area contributed by atoms with Gasteiger partial charge in [0.1, 0.15) is 5.82 Å². The third kappa shape index (κ3) is 5.60. The summed E-state index contributed by atoms with van der Waals surface area (Å²) < 4.78 is 13.2. The van der Waals surface area contributed by atoms with Gasteiger partial charge in [0.2, 0.25) is 0 Å². The summed E-state index contributed by atoms with van der Waals surface area (Å²) in [4.78, 5) is 11.4. The summed E-state index contributed by atoms with van der Waals surface area (Å²) in [6.45, 7) is 3.07. The van der Waals surface area contributed by atoms with Crippen LogP contribution in [0.3, 0.4) is 0 Å². The highest BCUT2D eigenvalue weighted by Gasteiger charge is 2.04. The number of aliphatic hydroxyl groups is 1. The molecule has 0 fully saturated rings. The van der Waals surface area contributed by atoms with E-state index in [1.165, 1.54) is 12.1 Å². The van der Waals surface area contributed by atoms with Gasteiger partial charge in [-0.1, -0.05) is 12.1 Å². The van der Waals surface area contributed by atoms with Gasteiger partial charge in [0, 0.05) is 19.6 Å². The molecule has 0 aromatic heterocycles. The highest BCUT2D eigenvalue weighted by atomic mass is 19.1. The maximum absolute atomic E-state index is 13.2. The normalized spacial score (nSPS) is 11.9. The number of para-hydroxylation sites is 1. The molecule has 0 aliphatic rings. The summed E-state index contributed by atoms with van der Waals surface area (Å²) in [5.41, 5.74) is 0.145. The van der Waals surface area contributed by atoms with E-state index in [0.717, 1.165) is 0 Å². The lowest BCUT2D eigenvalue weighted by Crippen LogP contribution is -2.36. The monoisotopic (exact) mass is 255 g/mol. The lowest BCUT2D eigenvalue weighted by Gasteiger charge is -2.09. The molecule has 6 heteroatoms. The highest BCUT2D eigenvalue weighted by molar-refractivity contribution is 5.89. The van der Waals surface area contributed by atoms with Crippen LogP contribution in [0.2, 0.25) is 0 Å². The Morgan fingerprint density at radius 3 is 2.78 bits per heavy atom. The molecule has 1 aromatic rings. The fourth-order valence-electron chi connectivity index (χ4n) is 1.30. The number of hydrogen-bond acceptors (Lipinski definition) is 3. The van der Waals surface area contributed by atoms with E-state index >= 15 is 0 Å². The number of nitrogens with one attached hydrogen (secondary N) is 3. The fraction of sp³-hybridized carbons (Fsp3) is 0.417. The molecular formula is C12H18FN3O2. The van der Waals surface area contributed by atoms with Crippen molar-refractivity contribution in [3.8, 4) is 0 Å². The number of halogens is 1. The van der Waals surface area contributed by atoms with Crippen LogP contribution in [0.25, 0.3) is 0 Å². The van der Waals surface area contributed by atoms with E-state index in [1.807, 2.05) is 0 Å². The van der Waals surface area contributed by atoms with E-state index in [2.05, 4.69) is 16.0 Å². The Morgan fingerprint density at radius 2 is 2.11 bits per heavy atom. The molecule has 18 heavy (non-hydrogen) atoms. The lowest BCUT2D eigenvalue weighted by atomic mass is 10.3. The van der Waals surface area contributed by atoms with E-state index in [-0.39, 0.29) is 5.69 Å². The maximum atomic E-state index is 13.2. The van der Waals surface area contributed by atoms with Crippen LogP contribution >= 0.6 is 0 Å².